The van der Waals surface area contributed by atoms with Gasteiger partial charge in [-0.25, -0.2) is 0 Å². The second kappa shape index (κ2) is 11.5. The fourth-order valence-corrected chi connectivity index (χ4v) is 3.38. The number of carbonyl (C=O) groups is 3. The third-order valence-corrected chi connectivity index (χ3v) is 5.31. The maximum absolute atomic E-state index is 12.4. The van der Waals surface area contributed by atoms with Gasteiger partial charge in [0.05, 0.1) is 31.8 Å². The van der Waals surface area contributed by atoms with E-state index in [0.29, 0.717) is 32.2 Å². The van der Waals surface area contributed by atoms with Crippen LogP contribution in [0.1, 0.15) is 36.8 Å². The van der Waals surface area contributed by atoms with E-state index >= 15 is 0 Å². The van der Waals surface area contributed by atoms with E-state index in [2.05, 4.69) is 10.6 Å². The molecule has 2 amide bonds. The Balaban J connectivity index is 0.00000320. The largest absolute Gasteiger partial charge is 1.00 e. The van der Waals surface area contributed by atoms with E-state index in [1.165, 1.54) is 25.3 Å². The van der Waals surface area contributed by atoms with Crippen LogP contribution >= 0.6 is 0 Å². The van der Waals surface area contributed by atoms with Crippen LogP contribution in [0.15, 0.2) is 24.3 Å². The van der Waals surface area contributed by atoms with Gasteiger partial charge in [-0.1, -0.05) is 24.3 Å². The first kappa shape index (κ1) is 24.4. The molecule has 1 saturated carbocycles. The van der Waals surface area contributed by atoms with Crippen molar-refractivity contribution >= 4 is 17.8 Å². The Morgan fingerprint density at radius 3 is 2.33 bits per heavy atom. The van der Waals surface area contributed by atoms with E-state index in [0.717, 1.165) is 5.56 Å². The first-order valence-corrected chi connectivity index (χ1v) is 10.1. The number of ether oxygens (including phenoxy) is 1. The van der Waals surface area contributed by atoms with Crippen molar-refractivity contribution in [3.05, 3.63) is 35.4 Å². The molecule has 0 bridgehead atoms. The number of carboxylic acid groups (broad SMARTS) is 1. The summed E-state index contributed by atoms with van der Waals surface area (Å²) < 4.78 is 5.24. The van der Waals surface area contributed by atoms with Crippen molar-refractivity contribution < 1.29 is 43.1 Å². The summed E-state index contributed by atoms with van der Waals surface area (Å²) >= 11 is 0. The van der Waals surface area contributed by atoms with Gasteiger partial charge in [0.2, 0.25) is 11.8 Å². The van der Waals surface area contributed by atoms with Crippen LogP contribution in [-0.4, -0.2) is 67.6 Å². The number of aliphatic carboxylic acids is 1. The van der Waals surface area contributed by atoms with E-state index in [-0.39, 0.29) is 37.7 Å². The quantitative estimate of drug-likeness (QED) is 0.405. The van der Waals surface area contributed by atoms with E-state index < -0.39 is 24.0 Å². The molecule has 30 heavy (non-hydrogen) atoms. The standard InChI is InChI=1S/C21H29N3O5.Li/c1-14(22-19(25)13-24-8-10-29-11-9-24)20(26)23-18(21(27)28)12-15-2-4-16(5-3-15)17-6-7-17;/h2-5,14,17-18H,6-13H2,1H3,(H,22,25)(H,23,26)(H,27,28);/q;+1/p-1/t14-,18?;/m0./s1. The van der Waals surface area contributed by atoms with Gasteiger partial charge in [0.15, 0.2) is 0 Å². The number of carbonyl (C=O) groups excluding carboxylic acids is 3. The summed E-state index contributed by atoms with van der Waals surface area (Å²) in [5, 5.41) is 16.6. The molecule has 2 aliphatic rings. The van der Waals surface area contributed by atoms with Crippen molar-refractivity contribution in [3.8, 4) is 0 Å². The monoisotopic (exact) mass is 409 g/mol. The van der Waals surface area contributed by atoms with Crippen molar-refractivity contribution in [1.82, 2.24) is 15.5 Å². The first-order chi connectivity index (χ1) is 13.9. The Morgan fingerprint density at radius 1 is 1.13 bits per heavy atom. The second-order valence-electron chi connectivity index (χ2n) is 7.78. The average Bonchev–Trinajstić information content (AvgIpc) is 3.53. The number of hydrogen-bond donors (Lipinski definition) is 2. The van der Waals surface area contributed by atoms with Gasteiger partial charge in [0, 0.05) is 13.1 Å². The van der Waals surface area contributed by atoms with Crippen molar-refractivity contribution in [3.63, 3.8) is 0 Å². The Morgan fingerprint density at radius 2 is 1.77 bits per heavy atom. The number of hydrogen-bond acceptors (Lipinski definition) is 6. The minimum Gasteiger partial charge on any atom is -0.548 e. The van der Waals surface area contributed by atoms with Gasteiger partial charge in [-0.2, -0.15) is 0 Å². The van der Waals surface area contributed by atoms with Gasteiger partial charge in [0.1, 0.15) is 6.04 Å². The predicted molar refractivity (Wildman–Crippen MR) is 104 cm³/mol. The number of amides is 2. The normalized spacial score (nSPS) is 18.6. The van der Waals surface area contributed by atoms with Gasteiger partial charge in [0.25, 0.3) is 0 Å². The van der Waals surface area contributed by atoms with Gasteiger partial charge in [-0.05, 0) is 43.2 Å². The Hall–Kier alpha value is -1.85. The van der Waals surface area contributed by atoms with Crippen molar-refractivity contribution in [2.24, 2.45) is 0 Å². The second-order valence-corrected chi connectivity index (χ2v) is 7.78. The molecule has 8 nitrogen and oxygen atoms in total. The minimum atomic E-state index is -1.35. The summed E-state index contributed by atoms with van der Waals surface area (Å²) in [6.07, 6.45) is 2.53. The maximum Gasteiger partial charge on any atom is 1.00 e. The average molecular weight is 409 g/mol. The van der Waals surface area contributed by atoms with Crippen LogP contribution < -0.4 is 34.6 Å². The van der Waals surface area contributed by atoms with Crippen LogP contribution in [0.5, 0.6) is 0 Å². The van der Waals surface area contributed by atoms with E-state index in [1.807, 2.05) is 29.2 Å². The third kappa shape index (κ3) is 7.44. The molecule has 1 heterocycles. The van der Waals surface area contributed by atoms with Crippen LogP contribution in [-0.2, 0) is 25.5 Å². The molecule has 1 aromatic rings. The summed E-state index contributed by atoms with van der Waals surface area (Å²) in [5.74, 6) is -1.56. The Bertz CT molecular complexity index is 733. The molecular weight excluding hydrogens is 381 g/mol. The van der Waals surface area contributed by atoms with Crippen LogP contribution in [0.2, 0.25) is 0 Å². The Labute approximate surface area is 188 Å². The first-order valence-electron chi connectivity index (χ1n) is 10.1. The van der Waals surface area contributed by atoms with Crippen LogP contribution in [0.3, 0.4) is 0 Å². The minimum absolute atomic E-state index is 0. The summed E-state index contributed by atoms with van der Waals surface area (Å²) in [7, 11) is 0. The molecule has 9 heteroatoms. The molecule has 2 N–H and O–H groups in total. The molecule has 1 aliphatic heterocycles. The number of rotatable bonds is 9. The number of nitrogens with zero attached hydrogens (tertiary/aromatic N) is 1. The fraction of sp³-hybridized carbons (Fsp3) is 0.571. The van der Waals surface area contributed by atoms with Crippen LogP contribution in [0.4, 0.5) is 0 Å². The Kier molecular flexibility index (Phi) is 9.37. The molecule has 3 rings (SSSR count). The molecule has 158 valence electrons. The summed E-state index contributed by atoms with van der Waals surface area (Å²) in [6.45, 7) is 4.21. The smallest absolute Gasteiger partial charge is 0.548 e. The molecule has 2 fully saturated rings. The third-order valence-electron chi connectivity index (χ3n) is 5.31. The van der Waals surface area contributed by atoms with Crippen molar-refractivity contribution in [2.45, 2.75) is 44.2 Å². The zero-order valence-electron chi connectivity index (χ0n) is 17.7. The molecule has 1 saturated heterocycles. The molecule has 0 radical (unpaired) electrons. The SMILES string of the molecule is C[C@H](NC(=O)CN1CCOCC1)C(=O)NC(Cc1ccc(C2CC2)cc1)C(=O)[O-].[Li+]. The summed E-state index contributed by atoms with van der Waals surface area (Å²) in [6, 6.07) is 5.80. The van der Waals surface area contributed by atoms with Gasteiger partial charge in [-0.3, -0.25) is 14.5 Å². The molecule has 2 atom stereocenters. The zero-order valence-corrected chi connectivity index (χ0v) is 17.7. The van der Waals surface area contributed by atoms with E-state index in [1.54, 1.807) is 0 Å². The van der Waals surface area contributed by atoms with Crippen LogP contribution in [0, 0.1) is 0 Å². The number of benzene rings is 1. The predicted octanol–water partition coefficient (Wildman–Crippen LogP) is -3.82. The van der Waals surface area contributed by atoms with Crippen molar-refractivity contribution in [1.29, 1.82) is 0 Å². The fourth-order valence-electron chi connectivity index (χ4n) is 3.38. The summed E-state index contributed by atoms with van der Waals surface area (Å²) in [5.41, 5.74) is 2.08. The molecule has 1 unspecified atom stereocenters. The number of morpholine rings is 1. The van der Waals surface area contributed by atoms with Gasteiger partial charge >= 0.3 is 18.9 Å². The van der Waals surface area contributed by atoms with E-state index in [4.69, 9.17) is 4.74 Å². The molecular formula is C21H28LiN3O5. The van der Waals surface area contributed by atoms with Crippen LogP contribution in [0.25, 0.3) is 0 Å². The van der Waals surface area contributed by atoms with E-state index in [9.17, 15) is 19.5 Å². The molecule has 1 aromatic carbocycles. The molecule has 0 spiro atoms. The number of nitrogens with one attached hydrogen (secondary N) is 2. The van der Waals surface area contributed by atoms with Gasteiger partial charge < -0.3 is 25.3 Å². The van der Waals surface area contributed by atoms with Gasteiger partial charge in [-0.15, -0.1) is 0 Å². The van der Waals surface area contributed by atoms with Crippen molar-refractivity contribution in [2.75, 3.05) is 32.8 Å². The topological polar surface area (TPSA) is 111 Å². The number of carboxylic acids is 1. The summed E-state index contributed by atoms with van der Waals surface area (Å²) in [4.78, 5) is 37.9. The molecule has 1 aliphatic carbocycles. The zero-order chi connectivity index (χ0) is 20.8. The maximum atomic E-state index is 12.4. The molecule has 0 aromatic heterocycles.